The minimum Gasteiger partial charge on any atom is -0.478 e. The van der Waals surface area contributed by atoms with Gasteiger partial charge in [0.15, 0.2) is 0 Å². The summed E-state index contributed by atoms with van der Waals surface area (Å²) in [5, 5.41) is 8.81. The molecule has 0 aromatic heterocycles. The van der Waals surface area contributed by atoms with Gasteiger partial charge in [-0.25, -0.2) is 22.3 Å². The van der Waals surface area contributed by atoms with E-state index in [0.717, 1.165) is 24.6 Å². The molecule has 0 aliphatic heterocycles. The lowest BCUT2D eigenvalue weighted by Crippen LogP contribution is -2.34. The Balaban J connectivity index is 3.09. The lowest BCUT2D eigenvalue weighted by atomic mass is 10.1. The molecule has 1 unspecified atom stereocenters. The summed E-state index contributed by atoms with van der Waals surface area (Å²) >= 11 is 0. The molecule has 1 atom stereocenters. The molecule has 0 heterocycles. The minimum absolute atomic E-state index is 0.219. The van der Waals surface area contributed by atoms with Crippen LogP contribution in [0.2, 0.25) is 0 Å². The van der Waals surface area contributed by atoms with Crippen molar-refractivity contribution in [2.75, 3.05) is 0 Å². The number of hydrogen-bond donors (Lipinski definition) is 2. The molecule has 20 heavy (non-hydrogen) atoms. The Hall–Kier alpha value is -1.47. The molecule has 0 aliphatic rings. The number of benzene rings is 1. The van der Waals surface area contributed by atoms with E-state index in [1.807, 2.05) is 13.8 Å². The molecule has 0 amide bonds. The molecule has 1 aromatic rings. The first-order valence-corrected chi connectivity index (χ1v) is 7.85. The van der Waals surface area contributed by atoms with Crippen molar-refractivity contribution in [3.8, 4) is 0 Å². The Bertz CT molecular complexity index is 586. The number of carbonyl (C=O) groups is 1. The van der Waals surface area contributed by atoms with Crippen molar-refractivity contribution in [1.82, 2.24) is 4.72 Å². The lowest BCUT2D eigenvalue weighted by Gasteiger charge is -2.16. The molecule has 5 nitrogen and oxygen atoms in total. The van der Waals surface area contributed by atoms with Gasteiger partial charge in [0.2, 0.25) is 10.0 Å². The number of aromatic carboxylic acids is 1. The van der Waals surface area contributed by atoms with E-state index in [0.29, 0.717) is 12.8 Å². The van der Waals surface area contributed by atoms with Crippen molar-refractivity contribution in [3.05, 3.63) is 29.6 Å². The van der Waals surface area contributed by atoms with E-state index in [1.54, 1.807) is 0 Å². The van der Waals surface area contributed by atoms with Crippen LogP contribution in [-0.4, -0.2) is 25.5 Å². The van der Waals surface area contributed by atoms with E-state index in [2.05, 4.69) is 4.72 Å². The minimum atomic E-state index is -3.85. The number of rotatable bonds is 7. The third-order valence-corrected chi connectivity index (χ3v) is 4.45. The fraction of sp³-hybridized carbons (Fsp3) is 0.462. The molecule has 0 spiro atoms. The van der Waals surface area contributed by atoms with Crippen LogP contribution in [0.5, 0.6) is 0 Å². The van der Waals surface area contributed by atoms with Crippen LogP contribution >= 0.6 is 0 Å². The molecule has 0 bridgehead atoms. The van der Waals surface area contributed by atoms with Crippen molar-refractivity contribution >= 4 is 16.0 Å². The first-order valence-electron chi connectivity index (χ1n) is 6.37. The number of nitrogens with one attached hydrogen (secondary N) is 1. The number of carboxylic acid groups (broad SMARTS) is 1. The van der Waals surface area contributed by atoms with E-state index >= 15 is 0 Å². The third-order valence-electron chi connectivity index (χ3n) is 2.93. The Morgan fingerprint density at radius 2 is 2.05 bits per heavy atom. The maximum Gasteiger partial charge on any atom is 0.338 e. The van der Waals surface area contributed by atoms with Crippen molar-refractivity contribution in [1.29, 1.82) is 0 Å². The van der Waals surface area contributed by atoms with Crippen LogP contribution in [0.25, 0.3) is 0 Å². The zero-order valence-corrected chi connectivity index (χ0v) is 12.2. The van der Waals surface area contributed by atoms with Gasteiger partial charge in [-0.05, 0) is 31.0 Å². The summed E-state index contributed by atoms with van der Waals surface area (Å²) in [5.41, 5.74) is -0.656. The molecule has 1 aromatic carbocycles. The normalized spacial score (nSPS) is 13.2. The number of hydrogen-bond acceptors (Lipinski definition) is 3. The van der Waals surface area contributed by atoms with Crippen LogP contribution in [0.4, 0.5) is 4.39 Å². The van der Waals surface area contributed by atoms with Gasteiger partial charge < -0.3 is 5.11 Å². The van der Waals surface area contributed by atoms with E-state index in [1.165, 1.54) is 0 Å². The highest BCUT2D eigenvalue weighted by Crippen LogP contribution is 2.16. The summed E-state index contributed by atoms with van der Waals surface area (Å²) < 4.78 is 40.0. The SMILES string of the molecule is CCCC(CC)NS(=O)(=O)c1ccc(F)c(C(=O)O)c1. The Kier molecular flexibility index (Phi) is 5.64. The van der Waals surface area contributed by atoms with Gasteiger partial charge in [-0.2, -0.15) is 0 Å². The van der Waals surface area contributed by atoms with Crippen LogP contribution in [0.3, 0.4) is 0 Å². The maximum absolute atomic E-state index is 13.3. The highest BCUT2D eigenvalue weighted by atomic mass is 32.2. The topological polar surface area (TPSA) is 83.5 Å². The standard InChI is InChI=1S/C13H18FNO4S/c1-3-5-9(4-2)15-20(18,19)10-6-7-12(14)11(8-10)13(16)17/h6-9,15H,3-5H2,1-2H3,(H,16,17). The number of carboxylic acids is 1. The van der Waals surface area contributed by atoms with Crippen molar-refractivity contribution < 1.29 is 22.7 Å². The zero-order valence-electron chi connectivity index (χ0n) is 11.4. The number of sulfonamides is 1. The highest BCUT2D eigenvalue weighted by molar-refractivity contribution is 7.89. The van der Waals surface area contributed by atoms with Crippen LogP contribution in [0.15, 0.2) is 23.1 Å². The van der Waals surface area contributed by atoms with Crippen LogP contribution in [0.1, 0.15) is 43.5 Å². The maximum atomic E-state index is 13.3. The number of halogens is 1. The zero-order chi connectivity index (χ0) is 15.3. The van der Waals surface area contributed by atoms with E-state index < -0.39 is 27.4 Å². The summed E-state index contributed by atoms with van der Waals surface area (Å²) in [6.07, 6.45) is 2.13. The van der Waals surface area contributed by atoms with E-state index in [-0.39, 0.29) is 10.9 Å². The van der Waals surface area contributed by atoms with Gasteiger partial charge in [0.25, 0.3) is 0 Å². The molecule has 2 N–H and O–H groups in total. The predicted molar refractivity (Wildman–Crippen MR) is 72.7 cm³/mol. The van der Waals surface area contributed by atoms with Gasteiger partial charge in [0, 0.05) is 6.04 Å². The predicted octanol–water partition coefficient (Wildman–Crippen LogP) is 2.38. The van der Waals surface area contributed by atoms with Gasteiger partial charge in [-0.15, -0.1) is 0 Å². The fourth-order valence-corrected chi connectivity index (χ4v) is 3.20. The average molecular weight is 303 g/mol. The van der Waals surface area contributed by atoms with E-state index in [9.17, 15) is 17.6 Å². The van der Waals surface area contributed by atoms with Crippen LogP contribution < -0.4 is 4.72 Å². The average Bonchev–Trinajstić information content (AvgIpc) is 2.37. The summed E-state index contributed by atoms with van der Waals surface area (Å²) in [6.45, 7) is 3.80. The molecule has 7 heteroatoms. The van der Waals surface area contributed by atoms with Crippen molar-refractivity contribution in [2.24, 2.45) is 0 Å². The molecule has 0 saturated carbocycles. The first-order chi connectivity index (χ1) is 9.31. The lowest BCUT2D eigenvalue weighted by molar-refractivity contribution is 0.0691. The van der Waals surface area contributed by atoms with Gasteiger partial charge in [0.1, 0.15) is 5.82 Å². The second-order valence-electron chi connectivity index (χ2n) is 4.46. The molecule has 0 saturated heterocycles. The Morgan fingerprint density at radius 3 is 2.55 bits per heavy atom. The Morgan fingerprint density at radius 1 is 1.40 bits per heavy atom. The monoisotopic (exact) mass is 303 g/mol. The second-order valence-corrected chi connectivity index (χ2v) is 6.18. The molecule has 0 aliphatic carbocycles. The largest absolute Gasteiger partial charge is 0.478 e. The highest BCUT2D eigenvalue weighted by Gasteiger charge is 2.21. The Labute approximate surface area is 117 Å². The van der Waals surface area contributed by atoms with E-state index in [4.69, 9.17) is 5.11 Å². The molecular formula is C13H18FNO4S. The quantitative estimate of drug-likeness (QED) is 0.810. The molecule has 1 rings (SSSR count). The summed E-state index contributed by atoms with van der Waals surface area (Å²) in [5.74, 6) is -2.46. The van der Waals surface area contributed by atoms with Gasteiger partial charge >= 0.3 is 5.97 Å². The molecule has 0 radical (unpaired) electrons. The summed E-state index contributed by atoms with van der Waals surface area (Å²) in [4.78, 5) is 10.6. The summed E-state index contributed by atoms with van der Waals surface area (Å²) in [7, 11) is -3.85. The molecular weight excluding hydrogens is 285 g/mol. The molecule has 112 valence electrons. The smallest absolute Gasteiger partial charge is 0.338 e. The van der Waals surface area contributed by atoms with Crippen LogP contribution in [-0.2, 0) is 10.0 Å². The van der Waals surface area contributed by atoms with Crippen molar-refractivity contribution in [3.63, 3.8) is 0 Å². The van der Waals surface area contributed by atoms with Crippen molar-refractivity contribution in [2.45, 2.75) is 44.0 Å². The van der Waals surface area contributed by atoms with Crippen LogP contribution in [0, 0.1) is 5.82 Å². The van der Waals surface area contributed by atoms with Gasteiger partial charge in [-0.1, -0.05) is 20.3 Å². The van der Waals surface area contributed by atoms with Gasteiger partial charge in [0.05, 0.1) is 10.5 Å². The summed E-state index contributed by atoms with van der Waals surface area (Å²) in [6, 6.07) is 2.52. The third kappa shape index (κ3) is 4.01. The first kappa shape index (κ1) is 16.6. The van der Waals surface area contributed by atoms with Gasteiger partial charge in [-0.3, -0.25) is 0 Å². The second kappa shape index (κ2) is 6.81. The molecule has 0 fully saturated rings. The fourth-order valence-electron chi connectivity index (χ4n) is 1.82.